The number of hydrogen-bond donors (Lipinski definition) is 2. The Morgan fingerprint density at radius 2 is 1.76 bits per heavy atom. The van der Waals surface area contributed by atoms with Gasteiger partial charge in [0, 0.05) is 18.2 Å². The van der Waals surface area contributed by atoms with E-state index >= 15 is 0 Å². The van der Waals surface area contributed by atoms with Crippen LogP contribution in [0, 0.1) is 0 Å². The number of likely N-dealkylation sites (N-methyl/N-ethyl adjacent to an activating group) is 1. The Hall–Kier alpha value is -2.90. The fourth-order valence-corrected chi connectivity index (χ4v) is 3.54. The zero-order valence-corrected chi connectivity index (χ0v) is 12.9. The van der Waals surface area contributed by atoms with Crippen molar-refractivity contribution >= 4 is 5.91 Å². The van der Waals surface area contributed by atoms with E-state index in [2.05, 4.69) is 0 Å². The maximum absolute atomic E-state index is 13.0. The minimum Gasteiger partial charge on any atom is -0.494 e. The zero-order chi connectivity index (χ0) is 18.1. The molecule has 0 spiro atoms. The Morgan fingerprint density at radius 1 is 1.08 bits per heavy atom. The molecule has 25 heavy (non-hydrogen) atoms. The van der Waals surface area contributed by atoms with Gasteiger partial charge in [-0.25, -0.2) is 0 Å². The molecule has 2 atom stereocenters. The Balaban J connectivity index is 1.93. The molecule has 0 saturated carbocycles. The van der Waals surface area contributed by atoms with Gasteiger partial charge in [-0.2, -0.15) is 13.2 Å². The van der Waals surface area contributed by atoms with Crippen molar-refractivity contribution in [1.29, 1.82) is 0 Å². The number of alkyl halides is 3. The summed E-state index contributed by atoms with van der Waals surface area (Å²) < 4.78 is 39.8. The van der Waals surface area contributed by atoms with Crippen molar-refractivity contribution in [1.82, 2.24) is 9.47 Å². The predicted octanol–water partition coefficient (Wildman–Crippen LogP) is 3.07. The van der Waals surface area contributed by atoms with Gasteiger partial charge in [0.25, 0.3) is 0 Å². The van der Waals surface area contributed by atoms with Gasteiger partial charge in [0.05, 0.1) is 23.2 Å². The summed E-state index contributed by atoms with van der Waals surface area (Å²) in [6.45, 7) is 0. The van der Waals surface area contributed by atoms with Crippen molar-refractivity contribution in [3.05, 3.63) is 53.1 Å². The van der Waals surface area contributed by atoms with Crippen LogP contribution in [0.4, 0.5) is 13.2 Å². The monoisotopic (exact) mass is 350 g/mol. The summed E-state index contributed by atoms with van der Waals surface area (Å²) in [6.07, 6.45) is -1.19. The van der Waals surface area contributed by atoms with E-state index < -0.39 is 29.6 Å². The minimum absolute atomic E-state index is 0.0336. The quantitative estimate of drug-likeness (QED) is 0.777. The molecule has 2 aromatic rings. The summed E-state index contributed by atoms with van der Waals surface area (Å²) >= 11 is 0. The van der Waals surface area contributed by atoms with Crippen LogP contribution in [0.3, 0.4) is 0 Å². The first-order chi connectivity index (χ1) is 11.7. The van der Waals surface area contributed by atoms with Crippen molar-refractivity contribution in [2.24, 2.45) is 0 Å². The molecule has 2 aliphatic heterocycles. The predicted molar refractivity (Wildman–Crippen MR) is 81.5 cm³/mol. The number of benzene rings is 1. The first kappa shape index (κ1) is 15.6. The van der Waals surface area contributed by atoms with E-state index in [1.165, 1.54) is 17.0 Å². The van der Waals surface area contributed by atoms with Gasteiger partial charge in [0.1, 0.15) is 0 Å². The van der Waals surface area contributed by atoms with Crippen LogP contribution in [-0.4, -0.2) is 32.6 Å². The number of hydrogen-bond acceptors (Lipinski definition) is 3. The van der Waals surface area contributed by atoms with Gasteiger partial charge in [0.15, 0.2) is 0 Å². The van der Waals surface area contributed by atoms with Crippen molar-refractivity contribution in [3.63, 3.8) is 0 Å². The fraction of sp³-hybridized carbons (Fsp3) is 0.235. The third kappa shape index (κ3) is 2.00. The molecule has 1 aromatic heterocycles. The lowest BCUT2D eigenvalue weighted by molar-refractivity contribution is -0.137. The van der Waals surface area contributed by atoms with Gasteiger partial charge in [-0.15, -0.1) is 0 Å². The molecular weight excluding hydrogens is 337 g/mol. The van der Waals surface area contributed by atoms with Crippen molar-refractivity contribution in [3.8, 4) is 17.4 Å². The normalized spacial score (nSPS) is 21.8. The molecule has 5 nitrogen and oxygen atoms in total. The topological polar surface area (TPSA) is 65.7 Å². The van der Waals surface area contributed by atoms with Crippen LogP contribution < -0.4 is 0 Å². The number of aromatic hydroxyl groups is 2. The number of fused-ring (bicyclic) bond motifs is 1. The van der Waals surface area contributed by atoms with Crippen LogP contribution in [0.2, 0.25) is 0 Å². The minimum atomic E-state index is -4.55. The third-order valence-corrected chi connectivity index (χ3v) is 4.75. The highest BCUT2D eigenvalue weighted by atomic mass is 19.4. The Morgan fingerprint density at radius 3 is 2.44 bits per heavy atom. The summed E-state index contributed by atoms with van der Waals surface area (Å²) in [5, 5.41) is 21.1. The summed E-state index contributed by atoms with van der Waals surface area (Å²) in [5.41, 5.74) is -0.353. The van der Waals surface area contributed by atoms with Crippen LogP contribution in [0.15, 0.2) is 36.4 Å². The molecule has 1 amide bonds. The SMILES string of the molecule is CN1C(=O)[C@@H]2C=C[C@H]1c1c2c(O)n(-c2cccc(C(F)(F)F)c2)c1O. The highest BCUT2D eigenvalue weighted by molar-refractivity contribution is 5.92. The maximum Gasteiger partial charge on any atom is 0.416 e. The number of carbonyl (C=O) groups is 1. The van der Waals surface area contributed by atoms with Crippen molar-refractivity contribution in [2.45, 2.75) is 18.1 Å². The molecular formula is C17H13F3N2O3. The van der Waals surface area contributed by atoms with E-state index in [-0.39, 0.29) is 23.0 Å². The Kier molecular flexibility index (Phi) is 3.00. The van der Waals surface area contributed by atoms with Crippen molar-refractivity contribution in [2.75, 3.05) is 7.05 Å². The number of carbonyl (C=O) groups excluding carboxylic acids is 1. The highest BCUT2D eigenvalue weighted by Crippen LogP contribution is 2.52. The lowest BCUT2D eigenvalue weighted by Gasteiger charge is -2.38. The first-order valence-electron chi connectivity index (χ1n) is 7.51. The highest BCUT2D eigenvalue weighted by Gasteiger charge is 2.45. The molecule has 2 bridgehead atoms. The molecule has 0 unspecified atom stereocenters. The van der Waals surface area contributed by atoms with Gasteiger partial charge in [-0.1, -0.05) is 18.2 Å². The van der Waals surface area contributed by atoms with Crippen LogP contribution in [0.1, 0.15) is 28.7 Å². The first-order valence-corrected chi connectivity index (χ1v) is 7.51. The summed E-state index contributed by atoms with van der Waals surface area (Å²) in [5.74, 6) is -1.79. The largest absolute Gasteiger partial charge is 0.494 e. The second kappa shape index (κ2) is 4.81. The van der Waals surface area contributed by atoms with Gasteiger partial charge in [0.2, 0.25) is 17.7 Å². The number of rotatable bonds is 1. The molecule has 8 heteroatoms. The molecule has 0 saturated heterocycles. The molecule has 0 radical (unpaired) electrons. The smallest absolute Gasteiger partial charge is 0.416 e. The third-order valence-electron chi connectivity index (χ3n) is 4.75. The summed E-state index contributed by atoms with van der Waals surface area (Å²) in [6, 6.07) is 3.72. The average molecular weight is 350 g/mol. The van der Waals surface area contributed by atoms with Gasteiger partial charge < -0.3 is 15.1 Å². The van der Waals surface area contributed by atoms with Gasteiger partial charge in [-0.3, -0.25) is 9.36 Å². The van der Waals surface area contributed by atoms with E-state index in [4.69, 9.17) is 0 Å². The molecule has 0 fully saturated rings. The van der Waals surface area contributed by atoms with E-state index in [1.807, 2.05) is 0 Å². The Bertz CT molecular complexity index is 930. The molecule has 5 rings (SSSR count). The van der Waals surface area contributed by atoms with Crippen LogP contribution >= 0.6 is 0 Å². The summed E-state index contributed by atoms with van der Waals surface area (Å²) in [7, 11) is 1.57. The van der Waals surface area contributed by atoms with Crippen LogP contribution in [0.25, 0.3) is 5.69 Å². The second-order valence-electron chi connectivity index (χ2n) is 6.11. The standard InChI is InChI=1S/C17H13F3N2O3/c1-21-11-6-5-10(14(21)23)12-13(11)16(25)22(15(12)24)9-4-2-3-8(7-9)17(18,19)20/h2-7,10-11,24-25H,1H3/t10-,11+/m1/s1. The number of amides is 1. The number of aromatic nitrogens is 1. The number of halogens is 3. The van der Waals surface area contributed by atoms with E-state index in [1.54, 1.807) is 19.2 Å². The average Bonchev–Trinajstić information content (AvgIpc) is 2.83. The lowest BCUT2D eigenvalue weighted by Crippen LogP contribution is -2.41. The second-order valence-corrected chi connectivity index (χ2v) is 6.11. The van der Waals surface area contributed by atoms with Crippen molar-refractivity contribution < 1.29 is 28.2 Å². The molecule has 1 aromatic carbocycles. The van der Waals surface area contributed by atoms with E-state index in [0.717, 1.165) is 16.7 Å². The molecule has 2 N–H and O–H groups in total. The summed E-state index contributed by atoms with van der Waals surface area (Å²) in [4.78, 5) is 13.7. The number of nitrogens with zero attached hydrogens (tertiary/aromatic N) is 2. The van der Waals surface area contributed by atoms with Gasteiger partial charge in [-0.05, 0) is 18.2 Å². The van der Waals surface area contributed by atoms with E-state index in [9.17, 15) is 28.2 Å². The van der Waals surface area contributed by atoms with Crippen LogP contribution in [-0.2, 0) is 11.0 Å². The molecule has 3 aliphatic rings. The van der Waals surface area contributed by atoms with Crippen LogP contribution in [0.5, 0.6) is 11.8 Å². The van der Waals surface area contributed by atoms with E-state index in [0.29, 0.717) is 5.56 Å². The van der Waals surface area contributed by atoms with Gasteiger partial charge >= 0.3 is 6.18 Å². The Labute approximate surface area is 140 Å². The molecule has 1 aliphatic carbocycles. The maximum atomic E-state index is 13.0. The molecule has 130 valence electrons. The lowest BCUT2D eigenvalue weighted by atomic mass is 9.81. The molecule has 3 heterocycles. The zero-order valence-electron chi connectivity index (χ0n) is 12.9. The fourth-order valence-electron chi connectivity index (χ4n) is 3.54.